The zero-order valence-corrected chi connectivity index (χ0v) is 37.5. The first-order valence-electron chi connectivity index (χ1n) is 22.8. The lowest BCUT2D eigenvalue weighted by Gasteiger charge is -2.10. The molecule has 0 bridgehead atoms. The molecule has 0 heterocycles. The van der Waals surface area contributed by atoms with E-state index in [-0.39, 0.29) is 12.6 Å². The van der Waals surface area contributed by atoms with Crippen LogP contribution in [0.2, 0.25) is 0 Å². The Morgan fingerprint density at radius 1 is 0.310 bits per heavy atom. The summed E-state index contributed by atoms with van der Waals surface area (Å²) in [5, 5.41) is 0. The van der Waals surface area contributed by atoms with Gasteiger partial charge in [-0.05, 0) is 20.5 Å². The van der Waals surface area contributed by atoms with Crippen molar-refractivity contribution < 1.29 is 61.6 Å². The average molecular weight is 840 g/mol. The van der Waals surface area contributed by atoms with Gasteiger partial charge >= 0.3 is 5.97 Å². The maximum absolute atomic E-state index is 11.9. The predicted octanol–water partition coefficient (Wildman–Crippen LogP) is 6.54. The Labute approximate surface area is 354 Å². The standard InChI is InChI=1S/C44H89NO13/c1-4-5-6-7-8-9-10-11-12-13-14-15-16-17-18-19-44(46)58-43-42-57-41-40-56-39-38-55-37-36-54-35-34-53-33-32-52-31-30-51-29-28-50-27-26-49-25-24-48-23-22-47-21-20-45(2)3/h4-43H2,1-3H3. The number of carbonyl (C=O) groups excluding carboxylic acids is 1. The van der Waals surface area contributed by atoms with Crippen molar-refractivity contribution in [3.05, 3.63) is 0 Å². The molecule has 0 N–H and O–H groups in total. The molecule has 0 spiro atoms. The van der Waals surface area contributed by atoms with E-state index in [2.05, 4.69) is 11.8 Å². The molecule has 14 nitrogen and oxygen atoms in total. The van der Waals surface area contributed by atoms with Gasteiger partial charge in [0.1, 0.15) is 6.61 Å². The van der Waals surface area contributed by atoms with Gasteiger partial charge in [0, 0.05) is 13.0 Å². The molecule has 0 aromatic heterocycles. The van der Waals surface area contributed by atoms with Crippen LogP contribution >= 0.6 is 0 Å². The first-order valence-corrected chi connectivity index (χ1v) is 22.8. The maximum atomic E-state index is 11.9. The fraction of sp³-hybridized carbons (Fsp3) is 0.977. The van der Waals surface area contributed by atoms with Crippen molar-refractivity contribution in [1.29, 1.82) is 0 Å². The number of hydrogen-bond acceptors (Lipinski definition) is 14. The van der Waals surface area contributed by atoms with Crippen molar-refractivity contribution in [2.75, 3.05) is 173 Å². The second kappa shape index (κ2) is 52.1. The molecule has 0 rings (SSSR count). The molecule has 348 valence electrons. The highest BCUT2D eigenvalue weighted by Gasteiger charge is 2.03. The van der Waals surface area contributed by atoms with E-state index in [1.807, 2.05) is 14.1 Å². The van der Waals surface area contributed by atoms with Crippen LogP contribution in [0.1, 0.15) is 110 Å². The Bertz CT molecular complexity index is 769. The summed E-state index contributed by atoms with van der Waals surface area (Å²) in [5.41, 5.74) is 0. The fourth-order valence-corrected chi connectivity index (χ4v) is 5.48. The quantitative estimate of drug-likeness (QED) is 0.0486. The van der Waals surface area contributed by atoms with E-state index in [0.717, 1.165) is 19.4 Å². The van der Waals surface area contributed by atoms with Crippen LogP contribution in [-0.4, -0.2) is 183 Å². The minimum absolute atomic E-state index is 0.130. The molecule has 58 heavy (non-hydrogen) atoms. The van der Waals surface area contributed by atoms with Crippen molar-refractivity contribution in [2.24, 2.45) is 0 Å². The van der Waals surface area contributed by atoms with E-state index in [1.165, 1.54) is 83.5 Å². The van der Waals surface area contributed by atoms with Crippen LogP contribution < -0.4 is 0 Å². The number of likely N-dealkylation sites (N-methyl/N-ethyl adjacent to an activating group) is 1. The van der Waals surface area contributed by atoms with Gasteiger partial charge in [-0.2, -0.15) is 0 Å². The predicted molar refractivity (Wildman–Crippen MR) is 228 cm³/mol. The molecular weight excluding hydrogens is 750 g/mol. The molecule has 0 fully saturated rings. The Hall–Kier alpha value is -1.01. The van der Waals surface area contributed by atoms with Gasteiger partial charge in [0.2, 0.25) is 0 Å². The highest BCUT2D eigenvalue weighted by atomic mass is 16.6. The van der Waals surface area contributed by atoms with E-state index < -0.39 is 0 Å². The third kappa shape index (κ3) is 53.0. The minimum Gasteiger partial charge on any atom is -0.463 e. The van der Waals surface area contributed by atoms with Crippen LogP contribution in [0.3, 0.4) is 0 Å². The zero-order chi connectivity index (χ0) is 41.9. The summed E-state index contributed by atoms with van der Waals surface area (Å²) in [6.07, 6.45) is 20.2. The van der Waals surface area contributed by atoms with Gasteiger partial charge in [0.05, 0.1) is 145 Å². The van der Waals surface area contributed by atoms with E-state index >= 15 is 0 Å². The van der Waals surface area contributed by atoms with Crippen molar-refractivity contribution in [3.8, 4) is 0 Å². The van der Waals surface area contributed by atoms with E-state index in [0.29, 0.717) is 152 Å². The normalized spacial score (nSPS) is 11.7. The smallest absolute Gasteiger partial charge is 0.305 e. The van der Waals surface area contributed by atoms with Gasteiger partial charge in [0.15, 0.2) is 0 Å². The van der Waals surface area contributed by atoms with E-state index in [1.54, 1.807) is 0 Å². The van der Waals surface area contributed by atoms with E-state index in [4.69, 9.17) is 56.8 Å². The third-order valence-corrected chi connectivity index (χ3v) is 8.88. The monoisotopic (exact) mass is 840 g/mol. The summed E-state index contributed by atoms with van der Waals surface area (Å²) in [6.45, 7) is 14.9. The molecule has 0 aromatic rings. The van der Waals surface area contributed by atoms with Crippen molar-refractivity contribution in [3.63, 3.8) is 0 Å². The van der Waals surface area contributed by atoms with Crippen molar-refractivity contribution >= 4 is 5.97 Å². The highest BCUT2D eigenvalue weighted by Crippen LogP contribution is 2.14. The molecule has 0 atom stereocenters. The summed E-state index contributed by atoms with van der Waals surface area (Å²) in [6, 6.07) is 0. The van der Waals surface area contributed by atoms with Gasteiger partial charge in [-0.25, -0.2) is 0 Å². The van der Waals surface area contributed by atoms with Crippen LogP contribution in [0.15, 0.2) is 0 Å². The Morgan fingerprint density at radius 3 is 0.793 bits per heavy atom. The number of unbranched alkanes of at least 4 members (excludes halogenated alkanes) is 14. The number of hydrogen-bond donors (Lipinski definition) is 0. The van der Waals surface area contributed by atoms with Crippen molar-refractivity contribution in [2.45, 2.75) is 110 Å². The maximum Gasteiger partial charge on any atom is 0.305 e. The Balaban J connectivity index is 3.13. The number of rotatable bonds is 52. The van der Waals surface area contributed by atoms with Gasteiger partial charge < -0.3 is 61.7 Å². The summed E-state index contributed by atoms with van der Waals surface area (Å²) >= 11 is 0. The van der Waals surface area contributed by atoms with Crippen LogP contribution in [0.5, 0.6) is 0 Å². The molecular formula is C44H89NO13. The fourth-order valence-electron chi connectivity index (χ4n) is 5.48. The molecule has 14 heteroatoms. The number of nitrogens with zero attached hydrogens (tertiary/aromatic N) is 1. The van der Waals surface area contributed by atoms with Crippen LogP contribution in [-0.2, 0) is 61.6 Å². The Kier molecular flexibility index (Phi) is 51.2. The van der Waals surface area contributed by atoms with Crippen LogP contribution in [0, 0.1) is 0 Å². The summed E-state index contributed by atoms with van der Waals surface area (Å²) in [4.78, 5) is 14.0. The zero-order valence-electron chi connectivity index (χ0n) is 37.5. The molecule has 0 aliphatic rings. The average Bonchev–Trinajstić information content (AvgIpc) is 3.22. The lowest BCUT2D eigenvalue weighted by Crippen LogP contribution is -2.19. The van der Waals surface area contributed by atoms with Crippen LogP contribution in [0.4, 0.5) is 0 Å². The second-order valence-corrected chi connectivity index (χ2v) is 14.5. The second-order valence-electron chi connectivity index (χ2n) is 14.5. The SMILES string of the molecule is CCCCCCCCCCCCCCCCCC(=O)OCCOCCOCCOCCOCCOCCOCCOCCOCCOCCOCCOCCN(C)C. The Morgan fingerprint density at radius 2 is 0.534 bits per heavy atom. The van der Waals surface area contributed by atoms with Gasteiger partial charge in [-0.1, -0.05) is 96.8 Å². The molecule has 0 amide bonds. The first kappa shape index (κ1) is 57.0. The minimum atomic E-state index is -0.130. The number of esters is 1. The van der Waals surface area contributed by atoms with Gasteiger partial charge in [-0.15, -0.1) is 0 Å². The molecule has 0 aliphatic heterocycles. The molecule has 0 aromatic carbocycles. The summed E-state index contributed by atoms with van der Waals surface area (Å²) in [5.74, 6) is -0.130. The van der Waals surface area contributed by atoms with Crippen LogP contribution in [0.25, 0.3) is 0 Å². The molecule has 0 saturated carbocycles. The largest absolute Gasteiger partial charge is 0.463 e. The summed E-state index contributed by atoms with van der Waals surface area (Å²) in [7, 11) is 4.04. The molecule has 0 aliphatic carbocycles. The topological polar surface area (TPSA) is 131 Å². The lowest BCUT2D eigenvalue weighted by molar-refractivity contribution is -0.145. The number of ether oxygens (including phenoxy) is 12. The molecule has 0 radical (unpaired) electrons. The summed E-state index contributed by atoms with van der Waals surface area (Å²) < 4.78 is 65.7. The molecule has 0 saturated heterocycles. The first-order chi connectivity index (χ1) is 28.7. The van der Waals surface area contributed by atoms with Gasteiger partial charge in [0.25, 0.3) is 0 Å². The highest BCUT2D eigenvalue weighted by molar-refractivity contribution is 5.69. The third-order valence-electron chi connectivity index (χ3n) is 8.88. The lowest BCUT2D eigenvalue weighted by atomic mass is 10.0. The van der Waals surface area contributed by atoms with Gasteiger partial charge in [-0.3, -0.25) is 4.79 Å². The van der Waals surface area contributed by atoms with E-state index in [9.17, 15) is 4.79 Å². The molecule has 0 unspecified atom stereocenters. The van der Waals surface area contributed by atoms with Crippen molar-refractivity contribution in [1.82, 2.24) is 4.90 Å². The number of carbonyl (C=O) groups is 1.